The molecule has 1 saturated carbocycles. The molecule has 0 aromatic heterocycles. The number of para-hydroxylation sites is 1. The highest BCUT2D eigenvalue weighted by Crippen LogP contribution is 2.75. The lowest BCUT2D eigenvalue weighted by Crippen LogP contribution is -2.78. The Kier molecular flexibility index (Phi) is 2.89. The van der Waals surface area contributed by atoms with Gasteiger partial charge >= 0.3 is 0 Å². The number of piperidine rings is 1. The summed E-state index contributed by atoms with van der Waals surface area (Å²) < 4.78 is 6.56. The van der Waals surface area contributed by atoms with Crippen molar-refractivity contribution in [2.75, 3.05) is 19.3 Å². The van der Waals surface area contributed by atoms with Crippen LogP contribution in [-0.2, 0) is 11.8 Å². The monoisotopic (exact) mass is 402 g/mol. The second-order valence-electron chi connectivity index (χ2n) is 10.0. The zero-order valence-electron chi connectivity index (χ0n) is 17.0. The van der Waals surface area contributed by atoms with E-state index in [-0.39, 0.29) is 22.5 Å². The number of nitrogens with two attached hydrogens (primary N) is 1. The predicted molar refractivity (Wildman–Crippen MR) is 114 cm³/mol. The molecule has 154 valence electrons. The van der Waals surface area contributed by atoms with E-state index in [1.807, 2.05) is 30.3 Å². The number of rotatable bonds is 1. The Morgan fingerprint density at radius 2 is 2.00 bits per heavy atom. The van der Waals surface area contributed by atoms with Crippen molar-refractivity contribution in [1.29, 1.82) is 0 Å². The van der Waals surface area contributed by atoms with Gasteiger partial charge in [-0.2, -0.15) is 0 Å². The molecule has 2 aromatic carbocycles. The van der Waals surface area contributed by atoms with Crippen LogP contribution in [0.1, 0.15) is 35.4 Å². The van der Waals surface area contributed by atoms with Gasteiger partial charge in [0.05, 0.1) is 5.41 Å². The molecule has 0 amide bonds. The molecule has 0 radical (unpaired) electrons. The minimum absolute atomic E-state index is 0.145. The van der Waals surface area contributed by atoms with Crippen LogP contribution in [0.4, 0.5) is 5.69 Å². The molecule has 5 heteroatoms. The SMILES string of the molecule is CN1CC[C@]23c4c5ccc(O)c4O[C@@H]2[C@@]2(O)C=C[C@]3(C[C@@H]2c2ccccc2N)C1C5. The molecule has 6 atom stereocenters. The first kappa shape index (κ1) is 17.2. The van der Waals surface area contributed by atoms with Crippen molar-refractivity contribution in [3.05, 3.63) is 65.2 Å². The molecule has 5 nitrogen and oxygen atoms in total. The number of aromatic hydroxyl groups is 1. The molecule has 1 unspecified atom stereocenters. The highest BCUT2D eigenvalue weighted by molar-refractivity contribution is 5.66. The van der Waals surface area contributed by atoms with E-state index in [2.05, 4.69) is 24.1 Å². The number of likely N-dealkylation sites (tertiary alicyclic amines) is 1. The van der Waals surface area contributed by atoms with E-state index in [4.69, 9.17) is 10.5 Å². The topological polar surface area (TPSA) is 79.0 Å². The smallest absolute Gasteiger partial charge is 0.165 e. The lowest BCUT2D eigenvalue weighted by Gasteiger charge is -2.70. The summed E-state index contributed by atoms with van der Waals surface area (Å²) in [6, 6.07) is 12.0. The first-order chi connectivity index (χ1) is 14.4. The average molecular weight is 402 g/mol. The molecule has 8 rings (SSSR count). The maximum Gasteiger partial charge on any atom is 0.165 e. The van der Waals surface area contributed by atoms with Gasteiger partial charge in [-0.25, -0.2) is 0 Å². The number of phenolic OH excluding ortho intramolecular Hbond substituents is 1. The summed E-state index contributed by atoms with van der Waals surface area (Å²) in [5.41, 5.74) is 8.88. The Morgan fingerprint density at radius 1 is 1.17 bits per heavy atom. The van der Waals surface area contributed by atoms with Gasteiger partial charge in [-0.3, -0.25) is 0 Å². The molecular formula is C25H26N2O3. The van der Waals surface area contributed by atoms with Crippen molar-refractivity contribution in [2.24, 2.45) is 5.41 Å². The summed E-state index contributed by atoms with van der Waals surface area (Å²) in [4.78, 5) is 2.49. The zero-order valence-corrected chi connectivity index (χ0v) is 17.0. The van der Waals surface area contributed by atoms with Crippen LogP contribution in [0.2, 0.25) is 0 Å². The Labute approximate surface area is 175 Å². The fraction of sp³-hybridized carbons (Fsp3) is 0.440. The molecule has 2 fully saturated rings. The Hall–Kier alpha value is -2.50. The molecule has 6 aliphatic rings. The van der Waals surface area contributed by atoms with Gasteiger partial charge in [0.25, 0.3) is 0 Å². The molecule has 30 heavy (non-hydrogen) atoms. The van der Waals surface area contributed by atoms with Crippen LogP contribution < -0.4 is 10.5 Å². The van der Waals surface area contributed by atoms with E-state index in [9.17, 15) is 10.2 Å². The van der Waals surface area contributed by atoms with Crippen LogP contribution in [0.3, 0.4) is 0 Å². The number of phenols is 1. The van der Waals surface area contributed by atoms with E-state index in [1.54, 1.807) is 6.07 Å². The maximum absolute atomic E-state index is 12.2. The summed E-state index contributed by atoms with van der Waals surface area (Å²) >= 11 is 0. The van der Waals surface area contributed by atoms with Crippen LogP contribution in [0.5, 0.6) is 11.5 Å². The lowest BCUT2D eigenvalue weighted by molar-refractivity contribution is -0.186. The highest BCUT2D eigenvalue weighted by Gasteiger charge is 2.78. The maximum atomic E-state index is 12.2. The van der Waals surface area contributed by atoms with Gasteiger partial charge in [-0.05, 0) is 56.1 Å². The second kappa shape index (κ2) is 5.04. The normalized spacial score (nSPS) is 42.1. The van der Waals surface area contributed by atoms with Crippen molar-refractivity contribution in [3.63, 3.8) is 0 Å². The van der Waals surface area contributed by atoms with Gasteiger partial charge in [-0.1, -0.05) is 36.4 Å². The number of anilines is 1. The van der Waals surface area contributed by atoms with Crippen LogP contribution in [0.25, 0.3) is 0 Å². The molecule has 2 aromatic rings. The number of ether oxygens (including phenoxy) is 1. The highest BCUT2D eigenvalue weighted by atomic mass is 16.5. The lowest BCUT2D eigenvalue weighted by atomic mass is 9.37. The third-order valence-electron chi connectivity index (χ3n) is 9.12. The fourth-order valence-corrected chi connectivity index (χ4v) is 7.94. The van der Waals surface area contributed by atoms with Crippen molar-refractivity contribution in [3.8, 4) is 11.5 Å². The van der Waals surface area contributed by atoms with Crippen LogP contribution >= 0.6 is 0 Å². The molecule has 4 bridgehead atoms. The largest absolute Gasteiger partial charge is 0.504 e. The fourth-order valence-electron chi connectivity index (χ4n) is 7.94. The van der Waals surface area contributed by atoms with E-state index < -0.39 is 11.7 Å². The van der Waals surface area contributed by atoms with Gasteiger partial charge in [0.1, 0.15) is 11.7 Å². The van der Waals surface area contributed by atoms with Crippen molar-refractivity contribution in [1.82, 2.24) is 4.90 Å². The van der Waals surface area contributed by atoms with Gasteiger partial charge in [-0.15, -0.1) is 0 Å². The summed E-state index contributed by atoms with van der Waals surface area (Å²) in [5.74, 6) is 0.631. The van der Waals surface area contributed by atoms with E-state index in [0.29, 0.717) is 11.8 Å². The number of nitrogens with zero attached hydrogens (tertiary/aromatic N) is 1. The van der Waals surface area contributed by atoms with E-state index >= 15 is 0 Å². The molecular weight excluding hydrogens is 376 g/mol. The summed E-state index contributed by atoms with van der Waals surface area (Å²) in [6.45, 7) is 0.961. The third kappa shape index (κ3) is 1.58. The van der Waals surface area contributed by atoms with Gasteiger partial charge in [0, 0.05) is 28.6 Å². The molecule has 2 aliphatic heterocycles. The molecule has 2 spiro atoms. The minimum atomic E-state index is -1.17. The number of benzene rings is 2. The van der Waals surface area contributed by atoms with Crippen molar-refractivity contribution in [2.45, 2.75) is 48.3 Å². The Bertz CT molecular complexity index is 1150. The Morgan fingerprint density at radius 3 is 2.83 bits per heavy atom. The Balaban J connectivity index is 1.55. The molecule has 4 aliphatic carbocycles. The first-order valence-electron chi connectivity index (χ1n) is 10.9. The number of aliphatic hydroxyl groups is 1. The van der Waals surface area contributed by atoms with Gasteiger partial charge in [0.2, 0.25) is 0 Å². The number of fused-ring (bicyclic) bond motifs is 1. The summed E-state index contributed by atoms with van der Waals surface area (Å²) in [6.07, 6.45) is 6.54. The average Bonchev–Trinajstić information content (AvgIpc) is 3.11. The number of likely N-dealkylation sites (N-methyl/N-ethyl adjacent to an activating group) is 1. The quantitative estimate of drug-likeness (QED) is 0.505. The summed E-state index contributed by atoms with van der Waals surface area (Å²) in [7, 11) is 2.22. The number of nitrogen functional groups attached to an aromatic ring is 1. The van der Waals surface area contributed by atoms with Crippen LogP contribution in [-0.4, -0.2) is 46.5 Å². The molecule has 2 heterocycles. The molecule has 4 N–H and O–H groups in total. The first-order valence-corrected chi connectivity index (χ1v) is 10.9. The van der Waals surface area contributed by atoms with E-state index in [0.717, 1.165) is 42.6 Å². The second-order valence-corrected chi connectivity index (χ2v) is 10.0. The van der Waals surface area contributed by atoms with E-state index in [1.165, 1.54) is 5.56 Å². The van der Waals surface area contributed by atoms with Gasteiger partial charge in [0.15, 0.2) is 11.5 Å². The third-order valence-corrected chi connectivity index (χ3v) is 9.12. The minimum Gasteiger partial charge on any atom is -0.504 e. The van der Waals surface area contributed by atoms with Crippen molar-refractivity contribution < 1.29 is 14.9 Å². The van der Waals surface area contributed by atoms with Crippen LogP contribution in [0, 0.1) is 5.41 Å². The standard InChI is InChI=1S/C25H26N2O3/c1-27-11-10-24-20-14-6-7-18(28)21(20)30-22(24)25(29)9-8-23(24,19(27)12-14)13-16(25)15-4-2-3-5-17(15)26/h2-9,16,19,22,28-29H,10-13,26H2,1H3/t16-,19?,22+,23+,24+,25-/m1/s1. The predicted octanol–water partition coefficient (Wildman–Crippen LogP) is 2.71. The van der Waals surface area contributed by atoms with Crippen molar-refractivity contribution >= 4 is 5.69 Å². The summed E-state index contributed by atoms with van der Waals surface area (Å²) in [5, 5.41) is 22.9. The number of hydrogen-bond acceptors (Lipinski definition) is 5. The zero-order chi connectivity index (χ0) is 20.5. The molecule has 1 saturated heterocycles. The number of hydrogen-bond donors (Lipinski definition) is 3. The van der Waals surface area contributed by atoms with Gasteiger partial charge < -0.3 is 25.6 Å². The van der Waals surface area contributed by atoms with Crippen LogP contribution in [0.15, 0.2) is 48.6 Å².